The average Bonchev–Trinajstić information content (AvgIpc) is 3.46. The number of nitrogens with one attached hydrogen (secondary N) is 1. The van der Waals surface area contributed by atoms with Gasteiger partial charge in [0.2, 0.25) is 0 Å². The first-order valence-corrected chi connectivity index (χ1v) is 11.7. The molecule has 35 heavy (non-hydrogen) atoms. The molecule has 0 spiro atoms. The molecule has 3 aromatic rings. The Morgan fingerprint density at radius 1 is 1.26 bits per heavy atom. The second-order valence-corrected chi connectivity index (χ2v) is 8.97. The fraction of sp³-hybridized carbons (Fsp3) is 0.440. The summed E-state index contributed by atoms with van der Waals surface area (Å²) in [6.45, 7) is 4.14. The molecular weight excluding hydrogens is 458 g/mol. The quantitative estimate of drug-likeness (QED) is 0.591. The molecular formula is C25H28F2N4O4. The smallest absolute Gasteiger partial charge is 0.409 e. The summed E-state index contributed by atoms with van der Waals surface area (Å²) < 4.78 is 48.7. The van der Waals surface area contributed by atoms with Crippen molar-refractivity contribution in [3.63, 3.8) is 0 Å². The van der Waals surface area contributed by atoms with Gasteiger partial charge in [0.25, 0.3) is 0 Å². The van der Waals surface area contributed by atoms with Crippen LogP contribution in [-0.4, -0.2) is 72.5 Å². The monoisotopic (exact) mass is 486 g/mol. The Kier molecular flexibility index (Phi) is 6.57. The van der Waals surface area contributed by atoms with Crippen molar-refractivity contribution in [3.05, 3.63) is 53.4 Å². The number of rotatable bonds is 5. The highest BCUT2D eigenvalue weighted by atomic mass is 19.1. The third-order valence-electron chi connectivity index (χ3n) is 6.45. The number of fused-ring (bicyclic) bond motifs is 1. The van der Waals surface area contributed by atoms with Gasteiger partial charge >= 0.3 is 6.09 Å². The van der Waals surface area contributed by atoms with Crippen molar-refractivity contribution in [1.29, 1.82) is 0 Å². The maximum atomic E-state index is 15.4. The zero-order chi connectivity index (χ0) is 24.5. The summed E-state index contributed by atoms with van der Waals surface area (Å²) in [7, 11) is 1.33. The number of nitrogens with zero attached hydrogens (tertiary/aromatic N) is 3. The molecule has 0 bridgehead atoms. The molecule has 2 aliphatic heterocycles. The Morgan fingerprint density at radius 3 is 2.77 bits per heavy atom. The number of carbonyl (C=O) groups excluding carboxylic acids is 1. The van der Waals surface area contributed by atoms with Crippen molar-refractivity contribution in [1.82, 2.24) is 14.3 Å². The van der Waals surface area contributed by atoms with Gasteiger partial charge in [0.1, 0.15) is 17.3 Å². The maximum Gasteiger partial charge on any atom is 0.409 e. The molecule has 0 radical (unpaired) electrons. The van der Waals surface area contributed by atoms with Crippen LogP contribution >= 0.6 is 0 Å². The molecule has 2 saturated heterocycles. The topological polar surface area (TPSA) is 77.3 Å². The zero-order valence-electron chi connectivity index (χ0n) is 19.7. The third kappa shape index (κ3) is 4.81. The standard InChI is InChI=1S/C25H28F2N4O4/c1-15-3-5-31-21(12-18-13-30(6-8-35-18)25(32)33-2)24(29-22(31)9-15)23-19(26)10-17(11-20(23)27)28-16-4-7-34-14-16/h3,5,9-11,16,18,28H,4,6-8,12-14H2,1-2H3. The van der Waals surface area contributed by atoms with Gasteiger partial charge in [-0.2, -0.15) is 0 Å². The SMILES string of the molecule is COC(=O)N1CCOC(Cc2c(-c3c(F)cc(NC4CCOC4)cc3F)nc3cc(C)ccn23)C1. The van der Waals surface area contributed by atoms with Gasteiger partial charge in [-0.3, -0.25) is 0 Å². The molecule has 2 aliphatic rings. The Labute approximate surface area is 201 Å². The molecule has 5 rings (SSSR count). The van der Waals surface area contributed by atoms with Crippen molar-refractivity contribution >= 4 is 17.4 Å². The molecule has 0 aliphatic carbocycles. The lowest BCUT2D eigenvalue weighted by atomic mass is 10.0. The highest BCUT2D eigenvalue weighted by molar-refractivity contribution is 5.71. The predicted octanol–water partition coefficient (Wildman–Crippen LogP) is 3.80. The number of hydrogen-bond acceptors (Lipinski definition) is 6. The number of hydrogen-bond donors (Lipinski definition) is 1. The first-order chi connectivity index (χ1) is 16.9. The fourth-order valence-electron chi connectivity index (χ4n) is 4.71. The molecule has 8 nitrogen and oxygen atoms in total. The first kappa shape index (κ1) is 23.5. The van der Waals surface area contributed by atoms with E-state index < -0.39 is 17.7 Å². The molecule has 186 valence electrons. The molecule has 4 heterocycles. The Balaban J connectivity index is 1.51. The van der Waals surface area contributed by atoms with Crippen LogP contribution in [0, 0.1) is 18.6 Å². The van der Waals surface area contributed by atoms with E-state index in [1.54, 1.807) is 4.90 Å². The summed E-state index contributed by atoms with van der Waals surface area (Å²) in [5.41, 5.74) is 2.57. The number of benzene rings is 1. The van der Waals surface area contributed by atoms with Crippen LogP contribution in [0.15, 0.2) is 30.5 Å². The van der Waals surface area contributed by atoms with Gasteiger partial charge in [-0.25, -0.2) is 18.6 Å². The minimum Gasteiger partial charge on any atom is -0.453 e. The normalized spacial score (nSPS) is 20.4. The molecule has 1 amide bonds. The summed E-state index contributed by atoms with van der Waals surface area (Å²) in [5.74, 6) is -1.40. The van der Waals surface area contributed by atoms with Gasteiger partial charge in [-0.1, -0.05) is 0 Å². The molecule has 2 unspecified atom stereocenters. The second-order valence-electron chi connectivity index (χ2n) is 8.97. The summed E-state index contributed by atoms with van der Waals surface area (Å²) in [4.78, 5) is 18.2. The van der Waals surface area contributed by atoms with Gasteiger partial charge in [-0.15, -0.1) is 0 Å². The van der Waals surface area contributed by atoms with E-state index in [2.05, 4.69) is 10.3 Å². The second kappa shape index (κ2) is 9.79. The lowest BCUT2D eigenvalue weighted by Crippen LogP contribution is -2.46. The number of amides is 1. The van der Waals surface area contributed by atoms with Gasteiger partial charge < -0.3 is 28.8 Å². The van der Waals surface area contributed by atoms with Crippen molar-refractivity contribution < 1.29 is 27.8 Å². The number of aromatic nitrogens is 2. The van der Waals surface area contributed by atoms with E-state index in [1.807, 2.05) is 29.7 Å². The largest absolute Gasteiger partial charge is 0.453 e. The van der Waals surface area contributed by atoms with Crippen molar-refractivity contribution in [3.8, 4) is 11.3 Å². The first-order valence-electron chi connectivity index (χ1n) is 11.7. The summed E-state index contributed by atoms with van der Waals surface area (Å²) in [6, 6.07) is 6.39. The number of pyridine rings is 1. The van der Waals surface area contributed by atoms with Gasteiger partial charge in [0, 0.05) is 31.5 Å². The van der Waals surface area contributed by atoms with E-state index in [1.165, 1.54) is 19.2 Å². The molecule has 1 N–H and O–H groups in total. The van der Waals surface area contributed by atoms with Crippen LogP contribution in [0.25, 0.3) is 16.9 Å². The van der Waals surface area contributed by atoms with Gasteiger partial charge in [0.15, 0.2) is 0 Å². The van der Waals surface area contributed by atoms with E-state index in [0.29, 0.717) is 56.4 Å². The number of aryl methyl sites for hydroxylation is 1. The molecule has 1 aromatic carbocycles. The maximum absolute atomic E-state index is 15.4. The molecule has 2 fully saturated rings. The van der Waals surface area contributed by atoms with E-state index >= 15 is 8.78 Å². The number of methoxy groups -OCH3 is 1. The van der Waals surface area contributed by atoms with Crippen LogP contribution < -0.4 is 5.32 Å². The van der Waals surface area contributed by atoms with Crippen molar-refractivity contribution in [2.24, 2.45) is 0 Å². The summed E-state index contributed by atoms with van der Waals surface area (Å²) >= 11 is 0. The van der Waals surface area contributed by atoms with Crippen LogP contribution in [0.3, 0.4) is 0 Å². The third-order valence-corrected chi connectivity index (χ3v) is 6.45. The Morgan fingerprint density at radius 2 is 2.06 bits per heavy atom. The van der Waals surface area contributed by atoms with Crippen LogP contribution in [0.4, 0.5) is 19.3 Å². The molecule has 2 aromatic heterocycles. The average molecular weight is 487 g/mol. The van der Waals surface area contributed by atoms with E-state index in [9.17, 15) is 4.79 Å². The zero-order valence-corrected chi connectivity index (χ0v) is 19.7. The number of anilines is 1. The predicted molar refractivity (Wildman–Crippen MR) is 126 cm³/mol. The summed E-state index contributed by atoms with van der Waals surface area (Å²) in [6.07, 6.45) is 2.12. The molecule has 0 saturated carbocycles. The van der Waals surface area contributed by atoms with Crippen molar-refractivity contribution in [2.75, 3.05) is 45.3 Å². The minimum atomic E-state index is -0.700. The molecule has 10 heteroatoms. The van der Waals surface area contributed by atoms with Gasteiger partial charge in [-0.05, 0) is 43.2 Å². The lowest BCUT2D eigenvalue weighted by Gasteiger charge is -2.32. The number of imidazole rings is 1. The molecule has 2 atom stereocenters. The minimum absolute atomic E-state index is 0.0228. The number of halogens is 2. The summed E-state index contributed by atoms with van der Waals surface area (Å²) in [5, 5.41) is 3.14. The number of morpholine rings is 1. The van der Waals surface area contributed by atoms with Crippen LogP contribution in [0.2, 0.25) is 0 Å². The van der Waals surface area contributed by atoms with E-state index in [0.717, 1.165) is 12.0 Å². The van der Waals surface area contributed by atoms with Gasteiger partial charge in [0.05, 0.1) is 56.0 Å². The van der Waals surface area contributed by atoms with Crippen LogP contribution in [0.5, 0.6) is 0 Å². The van der Waals surface area contributed by atoms with E-state index in [-0.39, 0.29) is 23.4 Å². The van der Waals surface area contributed by atoms with Crippen molar-refractivity contribution in [2.45, 2.75) is 31.9 Å². The van der Waals surface area contributed by atoms with Crippen LogP contribution in [0.1, 0.15) is 17.7 Å². The Bertz CT molecular complexity index is 1220. The van der Waals surface area contributed by atoms with Crippen LogP contribution in [-0.2, 0) is 20.6 Å². The fourth-order valence-corrected chi connectivity index (χ4v) is 4.71. The number of carbonyl (C=O) groups is 1. The highest BCUT2D eigenvalue weighted by Crippen LogP contribution is 2.33. The highest BCUT2D eigenvalue weighted by Gasteiger charge is 2.29. The number of ether oxygens (including phenoxy) is 3. The van der Waals surface area contributed by atoms with E-state index in [4.69, 9.17) is 14.2 Å². The lowest BCUT2D eigenvalue weighted by molar-refractivity contribution is -0.0241. The Hall–Kier alpha value is -3.24.